The van der Waals surface area contributed by atoms with E-state index >= 15 is 0 Å². The topological polar surface area (TPSA) is 42.1 Å². The molecule has 0 aliphatic carbocycles. The van der Waals surface area contributed by atoms with Crippen molar-refractivity contribution in [1.29, 1.82) is 0 Å². The first kappa shape index (κ1) is 12.2. The lowest BCUT2D eigenvalue weighted by atomic mass is 10.1. The average molecular weight is 247 g/mol. The van der Waals surface area contributed by atoms with Crippen LogP contribution in [0.5, 0.6) is 0 Å². The summed E-state index contributed by atoms with van der Waals surface area (Å²) in [5, 5.41) is 3.18. The fourth-order valence-corrected chi connectivity index (χ4v) is 2.48. The molecule has 1 aromatic heterocycles. The molecule has 3 nitrogen and oxygen atoms in total. The Labute approximate surface area is 106 Å². The van der Waals surface area contributed by atoms with Gasteiger partial charge in [-0.2, -0.15) is 0 Å². The zero-order valence-corrected chi connectivity index (χ0v) is 11.0. The van der Waals surface area contributed by atoms with E-state index in [1.165, 1.54) is 0 Å². The van der Waals surface area contributed by atoms with E-state index in [-0.39, 0.29) is 0 Å². The molecule has 0 aliphatic heterocycles. The molecule has 0 aliphatic rings. The molecule has 1 heterocycles. The molecule has 1 aromatic carbocycles. The SMILES string of the molecule is CN(C)Cc1csc(-c2cccc(CN)c2)n1. The summed E-state index contributed by atoms with van der Waals surface area (Å²) in [5.41, 5.74) is 9.06. The molecule has 17 heavy (non-hydrogen) atoms. The van der Waals surface area contributed by atoms with E-state index < -0.39 is 0 Å². The number of aromatic nitrogens is 1. The van der Waals surface area contributed by atoms with Crippen molar-refractivity contribution < 1.29 is 0 Å². The molecular weight excluding hydrogens is 230 g/mol. The Morgan fingerprint density at radius 2 is 2.18 bits per heavy atom. The number of rotatable bonds is 4. The van der Waals surface area contributed by atoms with Crippen LogP contribution in [0.1, 0.15) is 11.3 Å². The zero-order valence-electron chi connectivity index (χ0n) is 10.2. The Balaban J connectivity index is 2.24. The molecule has 2 aromatic rings. The highest BCUT2D eigenvalue weighted by molar-refractivity contribution is 7.13. The van der Waals surface area contributed by atoms with Crippen LogP contribution in [-0.4, -0.2) is 24.0 Å². The molecular formula is C13H17N3S. The first-order valence-corrected chi connectivity index (χ1v) is 6.45. The first-order chi connectivity index (χ1) is 8.19. The van der Waals surface area contributed by atoms with E-state index in [0.29, 0.717) is 6.54 Å². The lowest BCUT2D eigenvalue weighted by Gasteiger charge is -2.05. The lowest BCUT2D eigenvalue weighted by molar-refractivity contribution is 0.398. The summed E-state index contributed by atoms with van der Waals surface area (Å²) in [6.45, 7) is 1.46. The minimum Gasteiger partial charge on any atom is -0.326 e. The number of benzene rings is 1. The van der Waals surface area contributed by atoms with Gasteiger partial charge >= 0.3 is 0 Å². The minimum atomic E-state index is 0.573. The van der Waals surface area contributed by atoms with Gasteiger partial charge in [-0.15, -0.1) is 11.3 Å². The van der Waals surface area contributed by atoms with Gasteiger partial charge in [0, 0.05) is 24.0 Å². The second kappa shape index (κ2) is 5.40. The van der Waals surface area contributed by atoms with Gasteiger partial charge in [0.15, 0.2) is 0 Å². The van der Waals surface area contributed by atoms with Crippen LogP contribution in [0.4, 0.5) is 0 Å². The molecule has 0 atom stereocenters. The number of hydrogen-bond donors (Lipinski definition) is 1. The molecule has 0 spiro atoms. The van der Waals surface area contributed by atoms with Crippen LogP contribution >= 0.6 is 11.3 Å². The van der Waals surface area contributed by atoms with Gasteiger partial charge in [0.2, 0.25) is 0 Å². The highest BCUT2D eigenvalue weighted by Gasteiger charge is 2.05. The van der Waals surface area contributed by atoms with Crippen LogP contribution in [-0.2, 0) is 13.1 Å². The Morgan fingerprint density at radius 1 is 1.35 bits per heavy atom. The van der Waals surface area contributed by atoms with Gasteiger partial charge in [-0.05, 0) is 25.7 Å². The molecule has 2 rings (SSSR count). The van der Waals surface area contributed by atoms with Crippen LogP contribution in [0.25, 0.3) is 10.6 Å². The maximum atomic E-state index is 5.64. The zero-order chi connectivity index (χ0) is 12.3. The molecule has 4 heteroatoms. The molecule has 90 valence electrons. The molecule has 0 bridgehead atoms. The van der Waals surface area contributed by atoms with Gasteiger partial charge in [-0.3, -0.25) is 0 Å². The second-order valence-electron chi connectivity index (χ2n) is 4.29. The lowest BCUT2D eigenvalue weighted by Crippen LogP contribution is -2.10. The Hall–Kier alpha value is -1.23. The van der Waals surface area contributed by atoms with E-state index in [0.717, 1.165) is 28.4 Å². The molecule has 0 radical (unpaired) electrons. The third-order valence-corrected chi connectivity index (χ3v) is 3.38. The molecule has 0 amide bonds. The third-order valence-electron chi connectivity index (χ3n) is 2.44. The van der Waals surface area contributed by atoms with Gasteiger partial charge in [-0.1, -0.05) is 18.2 Å². The van der Waals surface area contributed by atoms with E-state index in [9.17, 15) is 0 Å². The van der Waals surface area contributed by atoms with E-state index in [1.807, 2.05) is 26.2 Å². The number of thiazole rings is 1. The Morgan fingerprint density at radius 3 is 2.88 bits per heavy atom. The monoisotopic (exact) mass is 247 g/mol. The summed E-state index contributed by atoms with van der Waals surface area (Å²) in [5.74, 6) is 0. The Bertz CT molecular complexity index is 491. The molecule has 2 N–H and O–H groups in total. The smallest absolute Gasteiger partial charge is 0.123 e. The number of hydrogen-bond acceptors (Lipinski definition) is 4. The van der Waals surface area contributed by atoms with Gasteiger partial charge in [0.25, 0.3) is 0 Å². The summed E-state index contributed by atoms with van der Waals surface area (Å²) in [6, 6.07) is 8.26. The second-order valence-corrected chi connectivity index (χ2v) is 5.14. The van der Waals surface area contributed by atoms with Crippen molar-refractivity contribution in [3.05, 3.63) is 40.9 Å². The van der Waals surface area contributed by atoms with Crippen LogP contribution in [0, 0.1) is 0 Å². The van der Waals surface area contributed by atoms with Crippen LogP contribution < -0.4 is 5.73 Å². The number of nitrogens with zero attached hydrogens (tertiary/aromatic N) is 2. The maximum Gasteiger partial charge on any atom is 0.123 e. The highest BCUT2D eigenvalue weighted by Crippen LogP contribution is 2.24. The fourth-order valence-electron chi connectivity index (χ4n) is 1.67. The number of nitrogens with two attached hydrogens (primary N) is 1. The van der Waals surface area contributed by atoms with Gasteiger partial charge < -0.3 is 10.6 Å². The summed E-state index contributed by atoms with van der Waals surface area (Å²) >= 11 is 1.69. The molecule has 0 saturated heterocycles. The van der Waals surface area contributed by atoms with Crippen LogP contribution in [0.3, 0.4) is 0 Å². The van der Waals surface area contributed by atoms with Crippen molar-refractivity contribution >= 4 is 11.3 Å². The highest BCUT2D eigenvalue weighted by atomic mass is 32.1. The van der Waals surface area contributed by atoms with Gasteiger partial charge in [-0.25, -0.2) is 4.98 Å². The predicted octanol–water partition coefficient (Wildman–Crippen LogP) is 2.33. The van der Waals surface area contributed by atoms with Crippen molar-refractivity contribution in [3.63, 3.8) is 0 Å². The van der Waals surface area contributed by atoms with Crippen LogP contribution in [0.15, 0.2) is 29.6 Å². The summed E-state index contributed by atoms with van der Waals surface area (Å²) in [6.07, 6.45) is 0. The minimum absolute atomic E-state index is 0.573. The maximum absolute atomic E-state index is 5.64. The molecule has 0 fully saturated rings. The van der Waals surface area contributed by atoms with Crippen molar-refractivity contribution in [2.75, 3.05) is 14.1 Å². The van der Waals surface area contributed by atoms with Crippen molar-refractivity contribution in [2.24, 2.45) is 5.73 Å². The Kier molecular flexibility index (Phi) is 3.89. The molecule has 0 saturated carbocycles. The van der Waals surface area contributed by atoms with Crippen molar-refractivity contribution in [2.45, 2.75) is 13.1 Å². The summed E-state index contributed by atoms with van der Waals surface area (Å²) in [7, 11) is 4.10. The standard InChI is InChI=1S/C13H17N3S/c1-16(2)8-12-9-17-13(15-12)11-5-3-4-10(6-11)7-14/h3-6,9H,7-8,14H2,1-2H3. The summed E-state index contributed by atoms with van der Waals surface area (Å²) in [4.78, 5) is 6.75. The van der Waals surface area contributed by atoms with Gasteiger partial charge in [0.1, 0.15) is 5.01 Å². The first-order valence-electron chi connectivity index (χ1n) is 5.57. The normalized spacial score (nSPS) is 11.1. The predicted molar refractivity (Wildman–Crippen MR) is 72.8 cm³/mol. The average Bonchev–Trinajstić information content (AvgIpc) is 2.77. The van der Waals surface area contributed by atoms with Gasteiger partial charge in [0.05, 0.1) is 5.69 Å². The van der Waals surface area contributed by atoms with E-state index in [2.05, 4.69) is 27.4 Å². The molecule has 0 unspecified atom stereocenters. The van der Waals surface area contributed by atoms with Crippen LogP contribution in [0.2, 0.25) is 0 Å². The largest absolute Gasteiger partial charge is 0.326 e. The third kappa shape index (κ3) is 3.12. The quantitative estimate of drug-likeness (QED) is 0.901. The van der Waals surface area contributed by atoms with E-state index in [4.69, 9.17) is 5.73 Å². The van der Waals surface area contributed by atoms with Crippen molar-refractivity contribution in [1.82, 2.24) is 9.88 Å². The van der Waals surface area contributed by atoms with Crippen molar-refractivity contribution in [3.8, 4) is 10.6 Å². The van der Waals surface area contributed by atoms with E-state index in [1.54, 1.807) is 11.3 Å². The summed E-state index contributed by atoms with van der Waals surface area (Å²) < 4.78 is 0. The fraction of sp³-hybridized carbons (Fsp3) is 0.308.